The highest BCUT2D eigenvalue weighted by atomic mass is 16.5. The number of rotatable bonds is 0. The zero-order valence-corrected chi connectivity index (χ0v) is 7.87. The normalized spacial score (nSPS) is 26.9. The van der Waals surface area contributed by atoms with Gasteiger partial charge >= 0.3 is 0 Å². The topological polar surface area (TPSA) is 12.5 Å². The van der Waals surface area contributed by atoms with E-state index in [1.165, 1.54) is 0 Å². The largest absolute Gasteiger partial charge is 0.471 e. The third kappa shape index (κ3) is 1.70. The van der Waals surface area contributed by atoms with E-state index in [0.29, 0.717) is 0 Å². The molecule has 1 rings (SSSR count). The Labute approximate surface area is 73.8 Å². The molecule has 0 fully saturated rings. The Morgan fingerprint density at radius 2 is 2.08 bits per heavy atom. The Morgan fingerprint density at radius 3 is 2.75 bits per heavy atom. The van der Waals surface area contributed by atoms with Crippen molar-refractivity contribution in [3.8, 4) is 0 Å². The van der Waals surface area contributed by atoms with E-state index in [1.807, 2.05) is 24.2 Å². The molecule has 0 unspecified atom stereocenters. The van der Waals surface area contributed by atoms with Crippen LogP contribution >= 0.6 is 0 Å². The first kappa shape index (κ1) is 8.91. The highest BCUT2D eigenvalue weighted by Gasteiger charge is 2.21. The Bertz CT molecular complexity index is 238. The molecular formula is C10H15NO. The van der Waals surface area contributed by atoms with Gasteiger partial charge < -0.3 is 9.64 Å². The summed E-state index contributed by atoms with van der Waals surface area (Å²) in [6.45, 7) is 8.22. The van der Waals surface area contributed by atoms with Gasteiger partial charge in [0.15, 0.2) is 0 Å². The fourth-order valence-electron chi connectivity index (χ4n) is 1.02. The molecule has 2 nitrogen and oxygen atoms in total. The number of hydrogen-bond acceptors (Lipinski definition) is 2. The summed E-state index contributed by atoms with van der Waals surface area (Å²) in [6, 6.07) is 0. The average molecular weight is 165 g/mol. The van der Waals surface area contributed by atoms with Crippen LogP contribution in [0.15, 0.2) is 37.1 Å². The number of allylic oxidation sites excluding steroid dienone is 1. The Morgan fingerprint density at radius 1 is 1.42 bits per heavy atom. The van der Waals surface area contributed by atoms with Crippen LogP contribution in [0.5, 0.6) is 0 Å². The van der Waals surface area contributed by atoms with Crippen LogP contribution in [0, 0.1) is 5.41 Å². The zero-order valence-electron chi connectivity index (χ0n) is 7.87. The van der Waals surface area contributed by atoms with E-state index >= 15 is 0 Å². The summed E-state index contributed by atoms with van der Waals surface area (Å²) in [6.07, 6.45) is 7.18. The molecule has 12 heavy (non-hydrogen) atoms. The van der Waals surface area contributed by atoms with Gasteiger partial charge in [0.05, 0.1) is 6.26 Å². The van der Waals surface area contributed by atoms with Gasteiger partial charge in [-0.25, -0.2) is 0 Å². The standard InChI is InChI=1S/C10H15NO/c1-9-10(2,3)5-7-12-8-6-11(9)4/h5-8H,1H2,2-4H3/b7-5-,8-6-. The van der Waals surface area contributed by atoms with Crippen LogP contribution in [0.4, 0.5) is 0 Å². The lowest BCUT2D eigenvalue weighted by atomic mass is 9.89. The van der Waals surface area contributed by atoms with Crippen LogP contribution in [-0.2, 0) is 4.74 Å². The molecule has 0 aromatic rings. The molecule has 0 aromatic heterocycles. The van der Waals surface area contributed by atoms with Gasteiger partial charge in [-0.05, 0) is 6.08 Å². The highest BCUT2D eigenvalue weighted by Crippen LogP contribution is 2.29. The second kappa shape index (κ2) is 3.05. The maximum atomic E-state index is 5.08. The third-order valence-corrected chi connectivity index (χ3v) is 2.10. The van der Waals surface area contributed by atoms with Crippen molar-refractivity contribution in [2.45, 2.75) is 13.8 Å². The van der Waals surface area contributed by atoms with Gasteiger partial charge in [0.2, 0.25) is 0 Å². The fraction of sp³-hybridized carbons (Fsp3) is 0.400. The number of nitrogens with zero attached hydrogens (tertiary/aromatic N) is 1. The van der Waals surface area contributed by atoms with Crippen molar-refractivity contribution in [2.75, 3.05) is 7.05 Å². The molecule has 1 aliphatic heterocycles. The summed E-state index contributed by atoms with van der Waals surface area (Å²) in [5, 5.41) is 0. The molecule has 0 amide bonds. The molecule has 0 saturated heterocycles. The van der Waals surface area contributed by atoms with E-state index in [9.17, 15) is 0 Å². The molecule has 66 valence electrons. The molecule has 0 bridgehead atoms. The van der Waals surface area contributed by atoms with E-state index in [4.69, 9.17) is 4.74 Å². The summed E-state index contributed by atoms with van der Waals surface area (Å²) < 4.78 is 5.08. The minimum absolute atomic E-state index is 0.0422. The molecule has 1 heterocycles. The van der Waals surface area contributed by atoms with Crippen LogP contribution < -0.4 is 0 Å². The van der Waals surface area contributed by atoms with Crippen molar-refractivity contribution in [3.63, 3.8) is 0 Å². The Hall–Kier alpha value is -1.18. The maximum absolute atomic E-state index is 5.08. The van der Waals surface area contributed by atoms with Gasteiger partial charge in [-0.1, -0.05) is 20.4 Å². The molecule has 0 atom stereocenters. The molecule has 0 N–H and O–H groups in total. The minimum atomic E-state index is -0.0422. The predicted molar refractivity (Wildman–Crippen MR) is 50.0 cm³/mol. The molecule has 0 aromatic carbocycles. The van der Waals surface area contributed by atoms with Crippen LogP contribution in [0.1, 0.15) is 13.8 Å². The summed E-state index contributed by atoms with van der Waals surface area (Å²) in [7, 11) is 1.96. The molecular weight excluding hydrogens is 150 g/mol. The maximum Gasteiger partial charge on any atom is 0.106 e. The minimum Gasteiger partial charge on any atom is -0.471 e. The number of ether oxygens (including phenoxy) is 1. The van der Waals surface area contributed by atoms with Gasteiger partial charge in [-0.3, -0.25) is 0 Å². The van der Waals surface area contributed by atoms with E-state index in [1.54, 1.807) is 12.5 Å². The molecule has 2 heteroatoms. The smallest absolute Gasteiger partial charge is 0.106 e. The Kier molecular flexibility index (Phi) is 2.27. The number of hydrogen-bond donors (Lipinski definition) is 0. The van der Waals surface area contributed by atoms with Crippen molar-refractivity contribution in [3.05, 3.63) is 37.1 Å². The quantitative estimate of drug-likeness (QED) is 0.546. The van der Waals surface area contributed by atoms with Crippen molar-refractivity contribution < 1.29 is 4.74 Å². The van der Waals surface area contributed by atoms with Gasteiger partial charge in [-0.15, -0.1) is 0 Å². The zero-order chi connectivity index (χ0) is 9.19. The van der Waals surface area contributed by atoms with Crippen LogP contribution in [0.2, 0.25) is 0 Å². The third-order valence-electron chi connectivity index (χ3n) is 2.10. The first-order valence-corrected chi connectivity index (χ1v) is 3.96. The van der Waals surface area contributed by atoms with Crippen molar-refractivity contribution in [1.82, 2.24) is 4.90 Å². The van der Waals surface area contributed by atoms with Crippen molar-refractivity contribution in [2.24, 2.45) is 5.41 Å². The van der Waals surface area contributed by atoms with Crippen LogP contribution in [0.25, 0.3) is 0 Å². The molecule has 1 aliphatic rings. The second-order valence-corrected chi connectivity index (χ2v) is 3.50. The second-order valence-electron chi connectivity index (χ2n) is 3.50. The van der Waals surface area contributed by atoms with Crippen LogP contribution in [0.3, 0.4) is 0 Å². The van der Waals surface area contributed by atoms with Gasteiger partial charge in [0.1, 0.15) is 6.26 Å². The van der Waals surface area contributed by atoms with Crippen LogP contribution in [-0.4, -0.2) is 11.9 Å². The average Bonchev–Trinajstić information content (AvgIpc) is 2.00. The predicted octanol–water partition coefficient (Wildman–Crippen LogP) is 2.47. The Balaban J connectivity index is 2.92. The lowest BCUT2D eigenvalue weighted by molar-refractivity contribution is 0.340. The van der Waals surface area contributed by atoms with Gasteiger partial charge in [-0.2, -0.15) is 0 Å². The first-order valence-electron chi connectivity index (χ1n) is 3.96. The van der Waals surface area contributed by atoms with E-state index in [-0.39, 0.29) is 5.41 Å². The molecule has 0 saturated carbocycles. The fourth-order valence-corrected chi connectivity index (χ4v) is 1.02. The van der Waals surface area contributed by atoms with E-state index in [0.717, 1.165) is 5.70 Å². The van der Waals surface area contributed by atoms with E-state index < -0.39 is 0 Å². The lowest BCUT2D eigenvalue weighted by Gasteiger charge is -2.30. The lowest BCUT2D eigenvalue weighted by Crippen LogP contribution is -2.23. The van der Waals surface area contributed by atoms with Crippen molar-refractivity contribution >= 4 is 0 Å². The summed E-state index contributed by atoms with van der Waals surface area (Å²) in [4.78, 5) is 1.96. The van der Waals surface area contributed by atoms with Gasteiger partial charge in [0, 0.05) is 24.4 Å². The molecule has 0 aliphatic carbocycles. The van der Waals surface area contributed by atoms with Crippen molar-refractivity contribution in [1.29, 1.82) is 0 Å². The summed E-state index contributed by atoms with van der Waals surface area (Å²) >= 11 is 0. The molecule has 0 spiro atoms. The summed E-state index contributed by atoms with van der Waals surface area (Å²) in [5.41, 5.74) is 1.01. The SMILES string of the molecule is C=C1N(C)/C=C\O/C=C\C1(C)C. The highest BCUT2D eigenvalue weighted by molar-refractivity contribution is 5.17. The monoisotopic (exact) mass is 165 g/mol. The van der Waals surface area contributed by atoms with Gasteiger partial charge in [0.25, 0.3) is 0 Å². The first-order chi connectivity index (χ1) is 5.54. The molecule has 0 radical (unpaired) electrons. The summed E-state index contributed by atoms with van der Waals surface area (Å²) in [5.74, 6) is 0. The van der Waals surface area contributed by atoms with E-state index in [2.05, 4.69) is 20.4 Å².